The molecule has 0 atom stereocenters. The van der Waals surface area contributed by atoms with E-state index in [0.29, 0.717) is 16.3 Å². The number of carbonyl (C=O) groups is 3. The number of amides is 2. The van der Waals surface area contributed by atoms with Crippen LogP contribution in [0, 0.1) is 0 Å². The first-order valence-electron chi connectivity index (χ1n) is 8.17. The molecular formula is C20H19ClN2O4. The van der Waals surface area contributed by atoms with E-state index >= 15 is 0 Å². The van der Waals surface area contributed by atoms with E-state index in [-0.39, 0.29) is 13.1 Å². The Balaban J connectivity index is 1.83. The summed E-state index contributed by atoms with van der Waals surface area (Å²) in [5.41, 5.74) is 1.04. The van der Waals surface area contributed by atoms with Gasteiger partial charge >= 0.3 is 5.97 Å². The van der Waals surface area contributed by atoms with Crippen molar-refractivity contribution in [2.24, 2.45) is 0 Å². The summed E-state index contributed by atoms with van der Waals surface area (Å²) in [4.78, 5) is 37.5. The highest BCUT2D eigenvalue weighted by molar-refractivity contribution is 6.30. The lowest BCUT2D eigenvalue weighted by atomic mass is 10.2. The van der Waals surface area contributed by atoms with Crippen molar-refractivity contribution in [2.45, 2.75) is 0 Å². The highest BCUT2D eigenvalue weighted by atomic mass is 35.5. The fourth-order valence-corrected chi connectivity index (χ4v) is 2.34. The number of hydrogen-bond donors (Lipinski definition) is 1. The minimum absolute atomic E-state index is 0.285. The van der Waals surface area contributed by atoms with Gasteiger partial charge in [-0.15, -0.1) is 6.58 Å². The number of nitrogens with zero attached hydrogens (tertiary/aromatic N) is 1. The third kappa shape index (κ3) is 6.27. The molecule has 0 saturated carbocycles. The van der Waals surface area contributed by atoms with Gasteiger partial charge < -0.3 is 15.0 Å². The molecule has 0 bridgehead atoms. The van der Waals surface area contributed by atoms with Crippen LogP contribution >= 0.6 is 11.6 Å². The van der Waals surface area contributed by atoms with Crippen molar-refractivity contribution in [1.82, 2.24) is 5.32 Å². The van der Waals surface area contributed by atoms with Crippen LogP contribution < -0.4 is 10.2 Å². The van der Waals surface area contributed by atoms with Crippen LogP contribution in [0.2, 0.25) is 5.02 Å². The van der Waals surface area contributed by atoms with E-state index in [9.17, 15) is 14.4 Å². The van der Waals surface area contributed by atoms with E-state index in [1.54, 1.807) is 54.6 Å². The minimum Gasteiger partial charge on any atom is -0.454 e. The van der Waals surface area contributed by atoms with Crippen LogP contribution in [0.25, 0.3) is 0 Å². The minimum atomic E-state index is -0.711. The number of anilines is 1. The molecule has 0 saturated heterocycles. The summed E-state index contributed by atoms with van der Waals surface area (Å²) in [6.45, 7) is 3.14. The third-order valence-corrected chi connectivity index (χ3v) is 3.79. The van der Waals surface area contributed by atoms with Gasteiger partial charge in [-0.1, -0.05) is 35.9 Å². The van der Waals surface area contributed by atoms with Crippen LogP contribution in [0.5, 0.6) is 0 Å². The first-order chi connectivity index (χ1) is 13.0. The molecule has 0 aromatic heterocycles. The lowest BCUT2D eigenvalue weighted by Gasteiger charge is -2.21. The molecular weight excluding hydrogens is 368 g/mol. The van der Waals surface area contributed by atoms with Crippen molar-refractivity contribution in [3.63, 3.8) is 0 Å². The lowest BCUT2D eigenvalue weighted by Crippen LogP contribution is -2.37. The predicted molar refractivity (Wildman–Crippen MR) is 104 cm³/mol. The third-order valence-electron chi connectivity index (χ3n) is 3.54. The Kier molecular flexibility index (Phi) is 7.58. The van der Waals surface area contributed by atoms with Crippen molar-refractivity contribution >= 4 is 35.1 Å². The molecule has 27 heavy (non-hydrogen) atoms. The van der Waals surface area contributed by atoms with Gasteiger partial charge in [-0.2, -0.15) is 0 Å². The number of para-hydroxylation sites is 1. The summed E-state index contributed by atoms with van der Waals surface area (Å²) in [6.07, 6.45) is 1.58. The van der Waals surface area contributed by atoms with Crippen LogP contribution in [0.4, 0.5) is 5.69 Å². The van der Waals surface area contributed by atoms with Gasteiger partial charge in [0.15, 0.2) is 6.61 Å². The summed E-state index contributed by atoms with van der Waals surface area (Å²) in [5, 5.41) is 2.94. The molecule has 2 aromatic rings. The summed E-state index contributed by atoms with van der Waals surface area (Å²) in [6, 6.07) is 15.2. The Morgan fingerprint density at radius 2 is 1.74 bits per heavy atom. The van der Waals surface area contributed by atoms with E-state index in [4.69, 9.17) is 16.3 Å². The Hall–Kier alpha value is -3.12. The predicted octanol–water partition coefficient (Wildman–Crippen LogP) is 2.83. The number of benzene rings is 2. The van der Waals surface area contributed by atoms with Gasteiger partial charge in [0.25, 0.3) is 11.8 Å². The molecule has 7 heteroatoms. The fraction of sp³-hybridized carbons (Fsp3) is 0.150. The molecule has 0 aliphatic carbocycles. The van der Waals surface area contributed by atoms with E-state index in [1.165, 1.54) is 4.90 Å². The molecule has 0 fully saturated rings. The van der Waals surface area contributed by atoms with Crippen LogP contribution in [0.3, 0.4) is 0 Å². The van der Waals surface area contributed by atoms with Gasteiger partial charge in [0, 0.05) is 22.8 Å². The Morgan fingerprint density at radius 1 is 1.07 bits per heavy atom. The maximum atomic E-state index is 12.3. The second kappa shape index (κ2) is 10.1. The number of esters is 1. The summed E-state index contributed by atoms with van der Waals surface area (Å²) in [7, 11) is 0. The number of ether oxygens (including phenoxy) is 1. The number of rotatable bonds is 8. The lowest BCUT2D eigenvalue weighted by molar-refractivity contribution is -0.146. The van der Waals surface area contributed by atoms with Crippen molar-refractivity contribution in [3.05, 3.63) is 77.8 Å². The topological polar surface area (TPSA) is 75.7 Å². The number of hydrogen-bond acceptors (Lipinski definition) is 4. The molecule has 0 heterocycles. The van der Waals surface area contributed by atoms with Crippen molar-refractivity contribution < 1.29 is 19.1 Å². The molecule has 2 amide bonds. The monoisotopic (exact) mass is 386 g/mol. The van der Waals surface area contributed by atoms with Gasteiger partial charge in [0.05, 0.1) is 0 Å². The zero-order valence-corrected chi connectivity index (χ0v) is 15.3. The SMILES string of the molecule is C=CCN(C(=O)COC(=O)CNC(=O)c1ccc(Cl)cc1)c1ccccc1. The second-order valence-electron chi connectivity index (χ2n) is 5.48. The van der Waals surface area contributed by atoms with Gasteiger partial charge in [0.1, 0.15) is 6.54 Å². The van der Waals surface area contributed by atoms with Gasteiger partial charge in [-0.05, 0) is 36.4 Å². The Morgan fingerprint density at radius 3 is 2.37 bits per heavy atom. The highest BCUT2D eigenvalue weighted by Crippen LogP contribution is 2.13. The smallest absolute Gasteiger partial charge is 0.325 e. The zero-order chi connectivity index (χ0) is 19.6. The van der Waals surface area contributed by atoms with Gasteiger partial charge in [-0.3, -0.25) is 14.4 Å². The van der Waals surface area contributed by atoms with E-state index < -0.39 is 24.4 Å². The van der Waals surface area contributed by atoms with E-state index in [2.05, 4.69) is 11.9 Å². The molecule has 140 valence electrons. The van der Waals surface area contributed by atoms with E-state index in [0.717, 1.165) is 0 Å². The highest BCUT2D eigenvalue weighted by Gasteiger charge is 2.17. The van der Waals surface area contributed by atoms with Crippen LogP contribution in [-0.4, -0.2) is 37.5 Å². The van der Waals surface area contributed by atoms with Crippen LogP contribution in [0.15, 0.2) is 67.3 Å². The molecule has 0 radical (unpaired) electrons. The molecule has 2 aromatic carbocycles. The summed E-state index contributed by atoms with van der Waals surface area (Å²) >= 11 is 5.76. The molecule has 2 rings (SSSR count). The molecule has 6 nitrogen and oxygen atoms in total. The Labute approximate surface area is 162 Å². The van der Waals surface area contributed by atoms with Crippen molar-refractivity contribution in [3.8, 4) is 0 Å². The standard InChI is InChI=1S/C20H19ClN2O4/c1-2-12-23(17-6-4-3-5-7-17)18(24)14-27-19(25)13-22-20(26)15-8-10-16(21)11-9-15/h2-11H,1,12-14H2,(H,22,26). The largest absolute Gasteiger partial charge is 0.454 e. The second-order valence-corrected chi connectivity index (χ2v) is 5.92. The average Bonchev–Trinajstić information content (AvgIpc) is 2.69. The number of nitrogens with one attached hydrogen (secondary N) is 1. The Bertz CT molecular complexity index is 806. The van der Waals surface area contributed by atoms with E-state index in [1.807, 2.05) is 6.07 Å². The molecule has 0 spiro atoms. The molecule has 0 aliphatic heterocycles. The maximum absolute atomic E-state index is 12.3. The first-order valence-corrected chi connectivity index (χ1v) is 8.54. The first kappa shape index (κ1) is 20.2. The van der Waals surface area contributed by atoms with Crippen molar-refractivity contribution in [2.75, 3.05) is 24.6 Å². The summed E-state index contributed by atoms with van der Waals surface area (Å²) < 4.78 is 4.96. The normalized spacial score (nSPS) is 9.96. The zero-order valence-electron chi connectivity index (χ0n) is 14.6. The van der Waals surface area contributed by atoms with Crippen LogP contribution in [-0.2, 0) is 14.3 Å². The van der Waals surface area contributed by atoms with Gasteiger partial charge in [0.2, 0.25) is 0 Å². The fourth-order valence-electron chi connectivity index (χ4n) is 2.22. The van der Waals surface area contributed by atoms with Crippen molar-refractivity contribution in [1.29, 1.82) is 0 Å². The quantitative estimate of drug-likeness (QED) is 0.559. The molecule has 0 unspecified atom stereocenters. The average molecular weight is 387 g/mol. The number of carbonyl (C=O) groups excluding carboxylic acids is 3. The van der Waals surface area contributed by atoms with Crippen LogP contribution in [0.1, 0.15) is 10.4 Å². The maximum Gasteiger partial charge on any atom is 0.325 e. The molecule has 0 aliphatic rings. The summed E-state index contributed by atoms with van der Waals surface area (Å²) in [5.74, 6) is -1.54. The van der Waals surface area contributed by atoms with Gasteiger partial charge in [-0.25, -0.2) is 0 Å². The number of halogens is 1. The molecule has 1 N–H and O–H groups in total.